The Hall–Kier alpha value is -1.39. The van der Waals surface area contributed by atoms with Crippen molar-refractivity contribution in [2.24, 2.45) is 0 Å². The number of pyridine rings is 1. The van der Waals surface area contributed by atoms with E-state index in [4.69, 9.17) is 10.8 Å². The van der Waals surface area contributed by atoms with Crippen LogP contribution in [-0.2, 0) is 0 Å². The highest BCUT2D eigenvalue weighted by Crippen LogP contribution is 2.24. The molecule has 0 unspecified atom stereocenters. The Morgan fingerprint density at radius 3 is 2.64 bits per heavy atom. The SMILES string of the molecule is Nc1cc(O)cnc1C(F)F. The number of hydrogen-bond donors (Lipinski definition) is 2. The maximum Gasteiger partial charge on any atom is 0.282 e. The lowest BCUT2D eigenvalue weighted by Gasteiger charge is -2.01. The maximum absolute atomic E-state index is 11.9. The molecule has 0 aliphatic carbocycles. The Bertz CT molecular complexity index is 265. The number of aromatic hydroxyl groups is 1. The summed E-state index contributed by atoms with van der Waals surface area (Å²) in [4.78, 5) is 3.25. The van der Waals surface area contributed by atoms with Gasteiger partial charge < -0.3 is 10.8 Å². The fraction of sp³-hybridized carbons (Fsp3) is 0.167. The molecule has 3 nitrogen and oxygen atoms in total. The quantitative estimate of drug-likeness (QED) is 0.651. The van der Waals surface area contributed by atoms with Crippen LogP contribution in [0, 0.1) is 0 Å². The molecular formula is C6H6F2N2O. The highest BCUT2D eigenvalue weighted by atomic mass is 19.3. The van der Waals surface area contributed by atoms with Gasteiger partial charge in [0.05, 0.1) is 11.9 Å². The van der Waals surface area contributed by atoms with Gasteiger partial charge in [0, 0.05) is 6.07 Å². The van der Waals surface area contributed by atoms with Gasteiger partial charge in [0.25, 0.3) is 6.43 Å². The predicted molar refractivity (Wildman–Crippen MR) is 35.3 cm³/mol. The summed E-state index contributed by atoms with van der Waals surface area (Å²) in [6, 6.07) is 1.04. The average molecular weight is 160 g/mol. The maximum atomic E-state index is 11.9. The second-order valence-corrected chi connectivity index (χ2v) is 1.97. The van der Waals surface area contributed by atoms with Crippen LogP contribution >= 0.6 is 0 Å². The highest BCUT2D eigenvalue weighted by Gasteiger charge is 2.12. The molecular weight excluding hydrogens is 154 g/mol. The zero-order chi connectivity index (χ0) is 8.43. The summed E-state index contributed by atoms with van der Waals surface area (Å²) in [6.45, 7) is 0. The first-order valence-corrected chi connectivity index (χ1v) is 2.84. The topological polar surface area (TPSA) is 59.1 Å². The summed E-state index contributed by atoms with van der Waals surface area (Å²) >= 11 is 0. The second-order valence-electron chi connectivity index (χ2n) is 1.97. The summed E-state index contributed by atoms with van der Waals surface area (Å²) < 4.78 is 23.9. The van der Waals surface area contributed by atoms with Gasteiger partial charge >= 0.3 is 0 Å². The largest absolute Gasteiger partial charge is 0.506 e. The van der Waals surface area contributed by atoms with E-state index < -0.39 is 12.1 Å². The van der Waals surface area contributed by atoms with Crippen LogP contribution in [0.1, 0.15) is 12.1 Å². The van der Waals surface area contributed by atoms with E-state index in [9.17, 15) is 8.78 Å². The van der Waals surface area contributed by atoms with Crippen molar-refractivity contribution in [2.45, 2.75) is 6.43 Å². The molecule has 0 atom stereocenters. The lowest BCUT2D eigenvalue weighted by Crippen LogP contribution is -1.97. The molecule has 60 valence electrons. The molecule has 0 radical (unpaired) electrons. The van der Waals surface area contributed by atoms with Crippen molar-refractivity contribution >= 4 is 5.69 Å². The summed E-state index contributed by atoms with van der Waals surface area (Å²) in [7, 11) is 0. The van der Waals surface area contributed by atoms with Crippen LogP contribution in [0.4, 0.5) is 14.5 Å². The van der Waals surface area contributed by atoms with Crippen molar-refractivity contribution in [2.75, 3.05) is 5.73 Å². The zero-order valence-electron chi connectivity index (χ0n) is 5.46. The number of nitrogen functional groups attached to an aromatic ring is 1. The van der Waals surface area contributed by atoms with Gasteiger partial charge in [-0.15, -0.1) is 0 Å². The van der Waals surface area contributed by atoms with E-state index in [1.807, 2.05) is 0 Å². The summed E-state index contributed by atoms with van der Waals surface area (Å²) in [5.41, 5.74) is 4.43. The van der Waals surface area contributed by atoms with Gasteiger partial charge in [-0.2, -0.15) is 0 Å². The molecule has 0 bridgehead atoms. The Kier molecular flexibility index (Phi) is 1.89. The molecule has 1 aromatic rings. The number of rotatable bonds is 1. The number of hydrogen-bond acceptors (Lipinski definition) is 3. The Morgan fingerprint density at radius 2 is 2.18 bits per heavy atom. The van der Waals surface area contributed by atoms with Crippen molar-refractivity contribution in [3.05, 3.63) is 18.0 Å². The van der Waals surface area contributed by atoms with Crippen LogP contribution in [0.3, 0.4) is 0 Å². The first-order chi connectivity index (χ1) is 5.11. The van der Waals surface area contributed by atoms with Crippen LogP contribution in [0.5, 0.6) is 5.75 Å². The van der Waals surface area contributed by atoms with Crippen molar-refractivity contribution in [3.63, 3.8) is 0 Å². The minimum Gasteiger partial charge on any atom is -0.506 e. The summed E-state index contributed by atoms with van der Waals surface area (Å²) in [6.07, 6.45) is -1.77. The first-order valence-electron chi connectivity index (χ1n) is 2.84. The van der Waals surface area contributed by atoms with Crippen LogP contribution in [-0.4, -0.2) is 10.1 Å². The van der Waals surface area contributed by atoms with Crippen molar-refractivity contribution < 1.29 is 13.9 Å². The van der Waals surface area contributed by atoms with E-state index in [0.717, 1.165) is 12.3 Å². The lowest BCUT2D eigenvalue weighted by atomic mass is 10.3. The molecule has 5 heteroatoms. The van der Waals surface area contributed by atoms with Gasteiger partial charge in [0.1, 0.15) is 11.4 Å². The predicted octanol–water partition coefficient (Wildman–Crippen LogP) is 1.31. The smallest absolute Gasteiger partial charge is 0.282 e. The van der Waals surface area contributed by atoms with E-state index in [1.165, 1.54) is 0 Å². The van der Waals surface area contributed by atoms with Gasteiger partial charge in [-0.25, -0.2) is 13.8 Å². The molecule has 0 spiro atoms. The Balaban J connectivity index is 3.09. The van der Waals surface area contributed by atoms with Gasteiger partial charge in [-0.1, -0.05) is 0 Å². The molecule has 11 heavy (non-hydrogen) atoms. The minimum atomic E-state index is -2.70. The standard InChI is InChI=1S/C6H6F2N2O/c7-6(8)5-4(9)1-3(11)2-10-5/h1-2,6,11H,9H2. The molecule has 0 aliphatic rings. The third-order valence-corrected chi connectivity index (χ3v) is 1.14. The number of nitrogens with two attached hydrogens (primary N) is 1. The van der Waals surface area contributed by atoms with Crippen molar-refractivity contribution in [1.82, 2.24) is 4.98 Å². The molecule has 1 rings (SSSR count). The molecule has 1 heterocycles. The number of nitrogens with zero attached hydrogens (tertiary/aromatic N) is 1. The van der Waals surface area contributed by atoms with Crippen LogP contribution < -0.4 is 5.73 Å². The number of anilines is 1. The summed E-state index contributed by atoms with van der Waals surface area (Å²) in [5, 5.41) is 8.73. The molecule has 0 aromatic carbocycles. The molecule has 0 aliphatic heterocycles. The van der Waals surface area contributed by atoms with Crippen LogP contribution in [0.15, 0.2) is 12.3 Å². The normalized spacial score (nSPS) is 10.5. The molecule has 0 saturated heterocycles. The minimum absolute atomic E-state index is 0.194. The summed E-state index contributed by atoms with van der Waals surface area (Å²) in [5.74, 6) is -0.216. The van der Waals surface area contributed by atoms with Crippen LogP contribution in [0.2, 0.25) is 0 Å². The molecule has 3 N–H and O–H groups in total. The fourth-order valence-corrected chi connectivity index (χ4v) is 0.663. The van der Waals surface area contributed by atoms with E-state index in [0.29, 0.717) is 0 Å². The van der Waals surface area contributed by atoms with Gasteiger partial charge in [0.2, 0.25) is 0 Å². The third kappa shape index (κ3) is 1.54. The highest BCUT2D eigenvalue weighted by molar-refractivity contribution is 5.46. The first kappa shape index (κ1) is 7.71. The number of halogens is 2. The fourth-order valence-electron chi connectivity index (χ4n) is 0.663. The van der Waals surface area contributed by atoms with Gasteiger partial charge in [0.15, 0.2) is 0 Å². The molecule has 0 amide bonds. The zero-order valence-corrected chi connectivity index (χ0v) is 5.46. The van der Waals surface area contributed by atoms with E-state index >= 15 is 0 Å². The van der Waals surface area contributed by atoms with Crippen molar-refractivity contribution in [1.29, 1.82) is 0 Å². The van der Waals surface area contributed by atoms with E-state index in [1.54, 1.807) is 0 Å². The second kappa shape index (κ2) is 2.69. The van der Waals surface area contributed by atoms with Crippen molar-refractivity contribution in [3.8, 4) is 5.75 Å². The third-order valence-electron chi connectivity index (χ3n) is 1.14. The molecule has 1 aromatic heterocycles. The van der Waals surface area contributed by atoms with Crippen LogP contribution in [0.25, 0.3) is 0 Å². The van der Waals surface area contributed by atoms with E-state index in [2.05, 4.69) is 4.98 Å². The van der Waals surface area contributed by atoms with Gasteiger partial charge in [-0.05, 0) is 0 Å². The Labute approximate surface area is 61.5 Å². The number of alkyl halides is 2. The van der Waals surface area contributed by atoms with E-state index in [-0.39, 0.29) is 11.4 Å². The number of aromatic nitrogens is 1. The average Bonchev–Trinajstić information content (AvgIpc) is 1.85. The monoisotopic (exact) mass is 160 g/mol. The lowest BCUT2D eigenvalue weighted by molar-refractivity contribution is 0.147. The Morgan fingerprint density at radius 1 is 1.55 bits per heavy atom. The molecule has 0 fully saturated rings. The molecule has 0 saturated carbocycles. The van der Waals surface area contributed by atoms with Gasteiger partial charge in [-0.3, -0.25) is 0 Å².